The lowest BCUT2D eigenvalue weighted by molar-refractivity contribution is -0.0992. The first-order chi connectivity index (χ1) is 13.2. The zero-order chi connectivity index (χ0) is 18.9. The maximum absolute atomic E-state index is 13.3. The number of aliphatic hydroxyl groups excluding tert-OH is 1. The van der Waals surface area contributed by atoms with E-state index in [4.69, 9.17) is 14.6 Å². The summed E-state index contributed by atoms with van der Waals surface area (Å²) in [5.41, 5.74) is 0.998. The molecule has 1 aliphatic heterocycles. The van der Waals surface area contributed by atoms with Crippen LogP contribution in [0.1, 0.15) is 36.2 Å². The Labute approximate surface area is 159 Å². The minimum atomic E-state index is -0.300. The number of aliphatic hydroxyl groups is 1. The Balaban J connectivity index is 1.58. The van der Waals surface area contributed by atoms with Crippen LogP contribution in [0.4, 0.5) is 0 Å². The lowest BCUT2D eigenvalue weighted by Gasteiger charge is -2.43. The SMILES string of the molecule is CO[C@@]12CC[C@H](OCCO)C[C@@H]1N(C(=O)c1ccc3ccccc3n1)CC2. The number of carbonyl (C=O) groups excluding carboxylic acids is 1. The third kappa shape index (κ3) is 3.33. The first-order valence-corrected chi connectivity index (χ1v) is 9.61. The molecule has 0 bridgehead atoms. The molecule has 3 atom stereocenters. The van der Waals surface area contributed by atoms with E-state index in [0.29, 0.717) is 18.8 Å². The Kier molecular flexibility index (Phi) is 5.12. The van der Waals surface area contributed by atoms with Crippen LogP contribution in [-0.2, 0) is 9.47 Å². The van der Waals surface area contributed by atoms with E-state index in [-0.39, 0.29) is 30.3 Å². The Bertz CT molecular complexity index is 827. The van der Waals surface area contributed by atoms with Crippen LogP contribution in [0.15, 0.2) is 36.4 Å². The lowest BCUT2D eigenvalue weighted by atomic mass is 9.79. The van der Waals surface area contributed by atoms with Crippen molar-refractivity contribution < 1.29 is 19.4 Å². The number of aromatic nitrogens is 1. The molecule has 6 nitrogen and oxygen atoms in total. The monoisotopic (exact) mass is 370 g/mol. The Morgan fingerprint density at radius 3 is 2.96 bits per heavy atom. The summed E-state index contributed by atoms with van der Waals surface area (Å²) in [4.78, 5) is 19.7. The van der Waals surface area contributed by atoms with Crippen LogP contribution in [0, 0.1) is 0 Å². The Hall–Kier alpha value is -2.02. The molecule has 0 unspecified atom stereocenters. The van der Waals surface area contributed by atoms with Crippen LogP contribution < -0.4 is 0 Å². The summed E-state index contributed by atoms with van der Waals surface area (Å²) in [6.45, 7) is 1.01. The number of pyridine rings is 1. The van der Waals surface area contributed by atoms with E-state index in [0.717, 1.165) is 36.6 Å². The zero-order valence-corrected chi connectivity index (χ0v) is 15.6. The maximum atomic E-state index is 13.3. The summed E-state index contributed by atoms with van der Waals surface area (Å²) >= 11 is 0. The van der Waals surface area contributed by atoms with E-state index in [9.17, 15) is 4.79 Å². The van der Waals surface area contributed by atoms with Gasteiger partial charge in [0.1, 0.15) is 5.69 Å². The van der Waals surface area contributed by atoms with Gasteiger partial charge in [0, 0.05) is 19.0 Å². The molecule has 0 radical (unpaired) electrons. The molecule has 27 heavy (non-hydrogen) atoms. The van der Waals surface area contributed by atoms with E-state index >= 15 is 0 Å². The number of nitrogens with zero attached hydrogens (tertiary/aromatic N) is 2. The minimum absolute atomic E-state index is 0.0141. The van der Waals surface area contributed by atoms with Crippen molar-refractivity contribution in [3.05, 3.63) is 42.1 Å². The van der Waals surface area contributed by atoms with Gasteiger partial charge in [0.15, 0.2) is 0 Å². The quantitative estimate of drug-likeness (QED) is 0.875. The molecular weight excluding hydrogens is 344 g/mol. The molecule has 1 amide bonds. The van der Waals surface area contributed by atoms with Crippen molar-refractivity contribution in [2.24, 2.45) is 0 Å². The summed E-state index contributed by atoms with van der Waals surface area (Å²) in [5.74, 6) is -0.0486. The fourth-order valence-electron chi connectivity index (χ4n) is 4.61. The average molecular weight is 370 g/mol. The highest BCUT2D eigenvalue weighted by Gasteiger charge is 2.52. The first-order valence-electron chi connectivity index (χ1n) is 9.61. The zero-order valence-electron chi connectivity index (χ0n) is 15.6. The van der Waals surface area contributed by atoms with Crippen molar-refractivity contribution in [2.75, 3.05) is 26.9 Å². The number of benzene rings is 1. The van der Waals surface area contributed by atoms with Crippen LogP contribution in [-0.4, -0.2) is 65.5 Å². The number of fused-ring (bicyclic) bond motifs is 2. The van der Waals surface area contributed by atoms with Crippen molar-refractivity contribution in [1.82, 2.24) is 9.88 Å². The number of rotatable bonds is 5. The van der Waals surface area contributed by atoms with Gasteiger partial charge in [-0.3, -0.25) is 4.79 Å². The van der Waals surface area contributed by atoms with Crippen LogP contribution >= 0.6 is 0 Å². The molecule has 144 valence electrons. The van der Waals surface area contributed by atoms with Gasteiger partial charge in [-0.2, -0.15) is 0 Å². The molecule has 2 aliphatic rings. The van der Waals surface area contributed by atoms with Crippen molar-refractivity contribution in [2.45, 2.75) is 43.4 Å². The first kappa shape index (κ1) is 18.3. The minimum Gasteiger partial charge on any atom is -0.394 e. The topological polar surface area (TPSA) is 71.9 Å². The van der Waals surface area contributed by atoms with Gasteiger partial charge in [-0.05, 0) is 37.8 Å². The van der Waals surface area contributed by atoms with E-state index < -0.39 is 0 Å². The molecule has 2 fully saturated rings. The number of para-hydroxylation sites is 1. The number of amides is 1. The van der Waals surface area contributed by atoms with Gasteiger partial charge in [-0.25, -0.2) is 4.98 Å². The maximum Gasteiger partial charge on any atom is 0.272 e. The molecule has 1 aliphatic carbocycles. The van der Waals surface area contributed by atoms with Gasteiger partial charge in [0.2, 0.25) is 0 Å². The predicted octanol–water partition coefficient (Wildman–Crippen LogP) is 2.40. The number of hydrogen-bond donors (Lipinski definition) is 1. The predicted molar refractivity (Wildman–Crippen MR) is 102 cm³/mol. The summed E-state index contributed by atoms with van der Waals surface area (Å²) in [5, 5.41) is 10.1. The van der Waals surface area contributed by atoms with E-state index in [2.05, 4.69) is 4.98 Å². The summed E-state index contributed by atoms with van der Waals surface area (Å²) in [6.07, 6.45) is 3.36. The smallest absolute Gasteiger partial charge is 0.272 e. The van der Waals surface area contributed by atoms with Gasteiger partial charge in [-0.15, -0.1) is 0 Å². The normalized spacial score (nSPS) is 27.7. The Morgan fingerprint density at radius 1 is 1.30 bits per heavy atom. The Morgan fingerprint density at radius 2 is 2.15 bits per heavy atom. The second-order valence-electron chi connectivity index (χ2n) is 7.41. The van der Waals surface area contributed by atoms with Crippen molar-refractivity contribution in [3.8, 4) is 0 Å². The van der Waals surface area contributed by atoms with Gasteiger partial charge < -0.3 is 19.5 Å². The fourth-order valence-corrected chi connectivity index (χ4v) is 4.61. The lowest BCUT2D eigenvalue weighted by Crippen LogP contribution is -2.53. The van der Waals surface area contributed by atoms with Crippen LogP contribution in [0.3, 0.4) is 0 Å². The molecule has 2 aromatic rings. The largest absolute Gasteiger partial charge is 0.394 e. The summed E-state index contributed by atoms with van der Waals surface area (Å²) in [6, 6.07) is 11.5. The van der Waals surface area contributed by atoms with Crippen molar-refractivity contribution >= 4 is 16.8 Å². The van der Waals surface area contributed by atoms with Crippen molar-refractivity contribution in [1.29, 1.82) is 0 Å². The van der Waals surface area contributed by atoms with E-state index in [1.54, 1.807) is 13.2 Å². The highest BCUT2D eigenvalue weighted by Crippen LogP contribution is 2.43. The standard InChI is InChI=1S/C21H26N2O4/c1-26-21-9-8-16(27-13-12-24)14-19(21)23(11-10-21)20(25)18-7-6-15-4-2-3-5-17(15)22-18/h2-7,16,19,24H,8-14H2,1H3/t16-,19-,21+/m0/s1. The number of hydrogen-bond acceptors (Lipinski definition) is 5. The number of methoxy groups -OCH3 is 1. The van der Waals surface area contributed by atoms with E-state index in [1.165, 1.54) is 0 Å². The average Bonchev–Trinajstić information content (AvgIpc) is 3.10. The fraction of sp³-hybridized carbons (Fsp3) is 0.524. The van der Waals surface area contributed by atoms with Crippen molar-refractivity contribution in [3.63, 3.8) is 0 Å². The van der Waals surface area contributed by atoms with Gasteiger partial charge in [0.05, 0.1) is 36.5 Å². The van der Waals surface area contributed by atoms with Gasteiger partial charge in [-0.1, -0.05) is 24.3 Å². The third-order valence-corrected chi connectivity index (χ3v) is 6.06. The second-order valence-corrected chi connectivity index (χ2v) is 7.41. The molecule has 1 saturated heterocycles. The molecule has 2 heterocycles. The molecule has 4 rings (SSSR count). The molecule has 1 N–H and O–H groups in total. The van der Waals surface area contributed by atoms with Crippen LogP contribution in [0.2, 0.25) is 0 Å². The highest BCUT2D eigenvalue weighted by atomic mass is 16.5. The van der Waals surface area contributed by atoms with E-state index in [1.807, 2.05) is 35.2 Å². The molecule has 6 heteroatoms. The summed E-state index contributed by atoms with van der Waals surface area (Å²) < 4.78 is 11.7. The highest BCUT2D eigenvalue weighted by molar-refractivity contribution is 5.95. The van der Waals surface area contributed by atoms with Gasteiger partial charge >= 0.3 is 0 Å². The summed E-state index contributed by atoms with van der Waals surface area (Å²) in [7, 11) is 1.74. The van der Waals surface area contributed by atoms with Gasteiger partial charge in [0.25, 0.3) is 5.91 Å². The van der Waals surface area contributed by atoms with Crippen LogP contribution in [0.5, 0.6) is 0 Å². The molecule has 1 saturated carbocycles. The second kappa shape index (κ2) is 7.54. The van der Waals surface area contributed by atoms with Crippen LogP contribution in [0.25, 0.3) is 10.9 Å². The number of carbonyl (C=O) groups is 1. The molecule has 1 aromatic heterocycles. The molecule has 1 aromatic carbocycles. The third-order valence-electron chi connectivity index (χ3n) is 6.06. The number of ether oxygens (including phenoxy) is 2. The number of likely N-dealkylation sites (tertiary alicyclic amines) is 1. The molecule has 0 spiro atoms. The molecular formula is C21H26N2O4.